The molecular weight excluding hydrogens is 754 g/mol. The van der Waals surface area contributed by atoms with Gasteiger partial charge in [-0.25, -0.2) is 0 Å². The number of unbranched alkanes of at least 4 members (excludes halogenated alkanes) is 2. The number of carboxylic acids is 4. The Morgan fingerprint density at radius 1 is 0.621 bits per heavy atom. The van der Waals surface area contributed by atoms with E-state index in [4.69, 9.17) is 11.5 Å². The molecule has 0 saturated carbocycles. The number of carbonyl (C=O) groups is 4. The van der Waals surface area contributed by atoms with E-state index in [0.717, 1.165) is 25.9 Å². The van der Waals surface area contributed by atoms with E-state index in [1.54, 1.807) is 0 Å². The Morgan fingerprint density at radius 3 is 0.897 bits per heavy atom. The number of aliphatic carboxylic acids is 4. The number of rotatable bonds is 10. The monoisotopic (exact) mass is 786 g/mol. The third-order valence-electron chi connectivity index (χ3n) is 2.86. The molecule has 0 aliphatic heterocycles. The van der Waals surface area contributed by atoms with Crippen molar-refractivity contribution in [1.82, 2.24) is 12.3 Å². The maximum atomic E-state index is 9.84. The minimum atomic E-state index is -1.59. The molecule has 0 aliphatic rings. The minimum Gasteiger partial charge on any atom is -0.549 e. The molecule has 10 N–H and O–H groups in total. The van der Waals surface area contributed by atoms with Crippen LogP contribution in [0.25, 0.3) is 0 Å². The van der Waals surface area contributed by atoms with Crippen LogP contribution in [0.2, 0.25) is 0 Å². The van der Waals surface area contributed by atoms with Gasteiger partial charge in [0.1, 0.15) is 0 Å². The fourth-order valence-corrected chi connectivity index (χ4v) is 1.32. The summed E-state index contributed by atoms with van der Waals surface area (Å²) in [5, 5.41) is 39.4. The fourth-order valence-electron chi connectivity index (χ4n) is 1.32. The van der Waals surface area contributed by atoms with Gasteiger partial charge in [0.2, 0.25) is 0 Å². The van der Waals surface area contributed by atoms with Gasteiger partial charge in [0.05, 0.1) is 23.9 Å². The Labute approximate surface area is 199 Å². The molecule has 29 heavy (non-hydrogen) atoms. The number of carboxylic acid groups (broad SMARTS) is 4. The van der Waals surface area contributed by atoms with E-state index in [2.05, 4.69) is 0 Å². The predicted octanol–water partition coefficient (Wildman–Crippen LogP) is -4.58. The second kappa shape index (κ2) is 31.8. The van der Waals surface area contributed by atoms with Crippen LogP contribution in [-0.4, -0.2) is 37.0 Å². The summed E-state index contributed by atoms with van der Waals surface area (Å²) in [5.41, 5.74) is 10.5. The molecule has 0 rings (SSSR count). The van der Waals surface area contributed by atoms with Crippen molar-refractivity contribution >= 4 is 23.9 Å². The first kappa shape index (κ1) is 46.4. The molecule has 0 saturated heterocycles. The second-order valence-electron chi connectivity index (χ2n) is 4.84. The maximum absolute atomic E-state index is 9.84. The van der Waals surface area contributed by atoms with Gasteiger partial charge in [-0.2, -0.15) is 0 Å². The van der Waals surface area contributed by atoms with Gasteiger partial charge < -0.3 is 63.4 Å². The third-order valence-corrected chi connectivity index (χ3v) is 2.86. The number of hydrogen-bond acceptors (Lipinski definition) is 12. The van der Waals surface area contributed by atoms with E-state index in [9.17, 15) is 39.6 Å². The fraction of sp³-hybridized carbons (Fsp3) is 0.733. The summed E-state index contributed by atoms with van der Waals surface area (Å²) in [6, 6.07) is 0. The first-order valence-electron chi connectivity index (χ1n) is 7.83. The van der Waals surface area contributed by atoms with Gasteiger partial charge in [-0.15, -0.1) is 0 Å². The molecule has 0 spiro atoms. The summed E-state index contributed by atoms with van der Waals surface area (Å²) >= 11 is 0. The Kier molecular flexibility index (Phi) is 50.8. The van der Waals surface area contributed by atoms with Crippen molar-refractivity contribution in [1.29, 1.82) is 0 Å². The SMILES string of the molecule is CCC(C(=O)[O-])C(=O)[O-].CCC(C(=O)[O-])C(=O)[O-].N.N.NCCCCCN.[Pt+4].[Pt+4]. The quantitative estimate of drug-likeness (QED) is 0.120. The molecule has 12 nitrogen and oxygen atoms in total. The normalized spacial score (nSPS) is 8.21. The van der Waals surface area contributed by atoms with Crippen LogP contribution in [0.5, 0.6) is 0 Å². The Hall–Kier alpha value is -0.903. The van der Waals surface area contributed by atoms with Gasteiger partial charge in [-0.05, 0) is 38.8 Å². The molecule has 0 heterocycles. The van der Waals surface area contributed by atoms with Gasteiger partial charge in [0.15, 0.2) is 0 Å². The Bertz CT molecular complexity index is 354. The minimum absolute atomic E-state index is 0. The molecule has 0 aromatic heterocycles. The molecule has 0 unspecified atom stereocenters. The van der Waals surface area contributed by atoms with Gasteiger partial charge in [-0.3, -0.25) is 0 Å². The summed E-state index contributed by atoms with van der Waals surface area (Å²) in [6.45, 7) is 4.49. The van der Waals surface area contributed by atoms with Crippen molar-refractivity contribution < 1.29 is 81.7 Å². The van der Waals surface area contributed by atoms with Crippen LogP contribution < -0.4 is 44.2 Å². The maximum Gasteiger partial charge on any atom is 4.00 e. The third kappa shape index (κ3) is 32.0. The van der Waals surface area contributed by atoms with Gasteiger partial charge in [0.25, 0.3) is 0 Å². The molecule has 0 aromatic rings. The largest absolute Gasteiger partial charge is 4.00 e. The van der Waals surface area contributed by atoms with E-state index in [-0.39, 0.29) is 67.3 Å². The molecule has 176 valence electrons. The van der Waals surface area contributed by atoms with Crippen LogP contribution in [0.4, 0.5) is 0 Å². The van der Waals surface area contributed by atoms with Crippen molar-refractivity contribution in [2.45, 2.75) is 46.0 Å². The van der Waals surface area contributed by atoms with Crippen LogP contribution >= 0.6 is 0 Å². The molecule has 0 atom stereocenters. The van der Waals surface area contributed by atoms with Crippen LogP contribution in [0.1, 0.15) is 46.0 Å². The second-order valence-corrected chi connectivity index (χ2v) is 4.84. The molecule has 0 fully saturated rings. The van der Waals surface area contributed by atoms with Crippen molar-refractivity contribution in [3.63, 3.8) is 0 Å². The zero-order chi connectivity index (χ0) is 20.4. The van der Waals surface area contributed by atoms with Gasteiger partial charge in [-0.1, -0.05) is 20.3 Å². The van der Waals surface area contributed by atoms with Crippen molar-refractivity contribution in [3.8, 4) is 0 Å². The van der Waals surface area contributed by atoms with Crippen LogP contribution in [0.3, 0.4) is 0 Å². The van der Waals surface area contributed by atoms with E-state index >= 15 is 0 Å². The first-order valence-corrected chi connectivity index (χ1v) is 7.83. The standard InChI is InChI=1S/C5H14N2.2C5H8O4.2H3N.2Pt/c6-4-2-1-3-5-7;2*1-2-3(4(6)7)5(8)9;;;;/h1-7H2;2*3H,2H2,1H3,(H,6,7)(H,8,9);2*1H3;;/q;;;;;2*+4/p-4. The number of nitrogens with two attached hydrogens (primary N) is 2. The van der Waals surface area contributed by atoms with Crippen LogP contribution in [-0.2, 0) is 61.3 Å². The summed E-state index contributed by atoms with van der Waals surface area (Å²) in [6.07, 6.45) is 3.44. The van der Waals surface area contributed by atoms with E-state index < -0.39 is 35.7 Å². The van der Waals surface area contributed by atoms with Crippen LogP contribution in [0, 0.1) is 11.8 Å². The number of carbonyl (C=O) groups excluding carboxylic acids is 4. The molecular formula is C15H32N4O8Pt2+4. The summed E-state index contributed by atoms with van der Waals surface area (Å²) in [4.78, 5) is 39.4. The zero-order valence-corrected chi connectivity index (χ0v) is 21.1. The zero-order valence-electron chi connectivity index (χ0n) is 16.6. The number of hydrogen-bond donors (Lipinski definition) is 4. The molecule has 0 aliphatic carbocycles. The van der Waals surface area contributed by atoms with E-state index in [1.165, 1.54) is 20.3 Å². The Balaban J connectivity index is -0.0000000472. The average Bonchev–Trinajstić information content (AvgIpc) is 2.48. The van der Waals surface area contributed by atoms with E-state index in [0.29, 0.717) is 0 Å². The molecule has 14 heteroatoms. The molecule has 0 radical (unpaired) electrons. The Morgan fingerprint density at radius 2 is 0.828 bits per heavy atom. The topological polar surface area (TPSA) is 283 Å². The van der Waals surface area contributed by atoms with Crippen LogP contribution in [0.15, 0.2) is 0 Å². The molecule has 0 bridgehead atoms. The smallest absolute Gasteiger partial charge is 0.549 e. The van der Waals surface area contributed by atoms with E-state index in [1.807, 2.05) is 0 Å². The van der Waals surface area contributed by atoms with Crippen molar-refractivity contribution in [2.75, 3.05) is 13.1 Å². The molecule has 0 aromatic carbocycles. The summed E-state index contributed by atoms with van der Waals surface area (Å²) in [5.74, 6) is -9.28. The first-order chi connectivity index (χ1) is 11.6. The summed E-state index contributed by atoms with van der Waals surface area (Å²) in [7, 11) is 0. The summed E-state index contributed by atoms with van der Waals surface area (Å²) < 4.78 is 0. The average molecular weight is 787 g/mol. The van der Waals surface area contributed by atoms with Gasteiger partial charge >= 0.3 is 42.1 Å². The molecule has 0 amide bonds. The predicted molar refractivity (Wildman–Crippen MR) is 89.6 cm³/mol. The van der Waals surface area contributed by atoms with Gasteiger partial charge in [0, 0.05) is 11.8 Å². The van der Waals surface area contributed by atoms with Crippen molar-refractivity contribution in [2.24, 2.45) is 23.3 Å². The van der Waals surface area contributed by atoms with Crippen molar-refractivity contribution in [3.05, 3.63) is 0 Å².